The molecule has 0 saturated heterocycles. The van der Waals surface area contributed by atoms with E-state index in [4.69, 9.17) is 15.6 Å². The number of hydrogen-bond donors (Lipinski definition) is 1. The average molecular weight is 342 g/mol. The number of nitrogens with one attached hydrogen (secondary N) is 1. The van der Waals surface area contributed by atoms with Gasteiger partial charge in [0.15, 0.2) is 0 Å². The Morgan fingerprint density at radius 1 is 1.40 bits per heavy atom. The molecule has 2 aromatic rings. The van der Waals surface area contributed by atoms with Crippen LogP contribution in [0, 0.1) is 12.3 Å². The Morgan fingerprint density at radius 2 is 2.12 bits per heavy atom. The number of fused-ring (bicyclic) bond motifs is 1. The van der Waals surface area contributed by atoms with Gasteiger partial charge in [-0.25, -0.2) is 9.59 Å². The van der Waals surface area contributed by atoms with E-state index in [9.17, 15) is 9.59 Å². The van der Waals surface area contributed by atoms with Crippen molar-refractivity contribution < 1.29 is 13.9 Å². The molecule has 25 heavy (non-hydrogen) atoms. The lowest BCUT2D eigenvalue weighted by Crippen LogP contribution is -2.39. The molecule has 0 spiro atoms. The molecule has 1 heterocycles. The highest BCUT2D eigenvalue weighted by Gasteiger charge is 2.21. The lowest BCUT2D eigenvalue weighted by Gasteiger charge is -2.30. The first-order valence-electron chi connectivity index (χ1n) is 7.96. The summed E-state index contributed by atoms with van der Waals surface area (Å²) in [5, 5.41) is 3.37. The van der Waals surface area contributed by atoms with Crippen molar-refractivity contribution in [2.45, 2.75) is 32.9 Å². The zero-order chi connectivity index (χ0) is 18.6. The number of ether oxygens (including phenoxy) is 1. The summed E-state index contributed by atoms with van der Waals surface area (Å²) in [5.41, 5.74) is 0.781. The van der Waals surface area contributed by atoms with Gasteiger partial charge in [-0.05, 0) is 45.5 Å². The van der Waals surface area contributed by atoms with Gasteiger partial charge in [-0.3, -0.25) is 10.2 Å². The van der Waals surface area contributed by atoms with E-state index in [1.165, 1.54) is 6.07 Å². The third-order valence-electron chi connectivity index (χ3n) is 4.07. The number of terminal acetylenes is 1. The number of nitrogens with zero attached hydrogens (tertiary/aromatic N) is 1. The summed E-state index contributed by atoms with van der Waals surface area (Å²) in [6.45, 7) is 6.35. The number of carbonyl (C=O) groups is 1. The number of rotatable bonds is 5. The molecule has 1 N–H and O–H groups in total. The van der Waals surface area contributed by atoms with Crippen molar-refractivity contribution in [3.05, 3.63) is 40.2 Å². The lowest BCUT2D eigenvalue weighted by molar-refractivity contribution is 0.168. The van der Waals surface area contributed by atoms with Crippen LogP contribution in [0.25, 0.3) is 11.0 Å². The first-order chi connectivity index (χ1) is 11.8. The lowest BCUT2D eigenvalue weighted by atomic mass is 10.0. The second kappa shape index (κ2) is 7.41. The fraction of sp³-hybridized carbons (Fsp3) is 0.368. The monoisotopic (exact) mass is 342 g/mol. The van der Waals surface area contributed by atoms with Gasteiger partial charge >= 0.3 is 11.7 Å². The van der Waals surface area contributed by atoms with Gasteiger partial charge in [0.2, 0.25) is 0 Å². The molecule has 132 valence electrons. The van der Waals surface area contributed by atoms with Gasteiger partial charge in [0, 0.05) is 29.8 Å². The summed E-state index contributed by atoms with van der Waals surface area (Å²) in [7, 11) is 1.90. The standard InChI is InChI=1S/C19H22N2O4/c1-6-19(3,4)21(5)12-13-10-17(22)25-16-11-14(8-9-15(13)16)20-18(23)24-7-2/h1,8-11H,7,12H2,2-5H3,(H,20,23). The van der Waals surface area contributed by atoms with Gasteiger partial charge in [0.1, 0.15) is 5.58 Å². The van der Waals surface area contributed by atoms with Crippen LogP contribution in [0.1, 0.15) is 26.3 Å². The van der Waals surface area contributed by atoms with E-state index in [1.54, 1.807) is 25.1 Å². The first kappa shape index (κ1) is 18.6. The minimum atomic E-state index is -0.559. The summed E-state index contributed by atoms with van der Waals surface area (Å²) in [6.07, 6.45) is 5.01. The third kappa shape index (κ3) is 4.40. The molecule has 0 aliphatic carbocycles. The van der Waals surface area contributed by atoms with Crippen molar-refractivity contribution in [2.24, 2.45) is 0 Å². The smallest absolute Gasteiger partial charge is 0.411 e. The second-order valence-corrected chi connectivity index (χ2v) is 6.21. The fourth-order valence-electron chi connectivity index (χ4n) is 2.29. The Kier molecular flexibility index (Phi) is 5.50. The second-order valence-electron chi connectivity index (χ2n) is 6.21. The molecule has 0 saturated carbocycles. The van der Waals surface area contributed by atoms with Crippen LogP contribution in [-0.2, 0) is 11.3 Å². The molecule has 0 radical (unpaired) electrons. The van der Waals surface area contributed by atoms with Crippen LogP contribution in [-0.4, -0.2) is 30.2 Å². The summed E-state index contributed by atoms with van der Waals surface area (Å²) < 4.78 is 10.1. The molecule has 0 aliphatic rings. The molecule has 1 aromatic carbocycles. The molecule has 6 heteroatoms. The van der Waals surface area contributed by atoms with E-state index in [0.717, 1.165) is 10.9 Å². The SMILES string of the molecule is C#CC(C)(C)N(C)Cc1cc(=O)oc2cc(NC(=O)OCC)ccc12. The summed E-state index contributed by atoms with van der Waals surface area (Å²) >= 11 is 0. The summed E-state index contributed by atoms with van der Waals surface area (Å²) in [6, 6.07) is 6.59. The Bertz CT molecular complexity index is 877. The molecule has 1 aromatic heterocycles. The largest absolute Gasteiger partial charge is 0.450 e. The highest BCUT2D eigenvalue weighted by Crippen LogP contribution is 2.24. The van der Waals surface area contributed by atoms with E-state index >= 15 is 0 Å². The van der Waals surface area contributed by atoms with Crippen LogP contribution in [0.5, 0.6) is 0 Å². The van der Waals surface area contributed by atoms with E-state index in [1.807, 2.05) is 25.8 Å². The van der Waals surface area contributed by atoms with Crippen molar-refractivity contribution in [3.63, 3.8) is 0 Å². The van der Waals surface area contributed by atoms with Gasteiger partial charge in [0.05, 0.1) is 12.1 Å². The van der Waals surface area contributed by atoms with Crippen LogP contribution in [0.3, 0.4) is 0 Å². The summed E-state index contributed by atoms with van der Waals surface area (Å²) in [5.74, 6) is 2.73. The fourth-order valence-corrected chi connectivity index (χ4v) is 2.29. The maximum atomic E-state index is 11.9. The Hall–Kier alpha value is -2.78. The molecule has 6 nitrogen and oxygen atoms in total. The topological polar surface area (TPSA) is 71.8 Å². The van der Waals surface area contributed by atoms with Gasteiger partial charge in [-0.1, -0.05) is 5.92 Å². The number of amides is 1. The molecule has 0 bridgehead atoms. The predicted octanol–water partition coefficient (Wildman–Crippen LogP) is 3.21. The third-order valence-corrected chi connectivity index (χ3v) is 4.07. The van der Waals surface area contributed by atoms with Gasteiger partial charge in [-0.2, -0.15) is 0 Å². The summed E-state index contributed by atoms with van der Waals surface area (Å²) in [4.78, 5) is 25.4. The molecule has 0 atom stereocenters. The molecule has 0 unspecified atom stereocenters. The van der Waals surface area contributed by atoms with Crippen molar-refractivity contribution in [2.75, 3.05) is 19.0 Å². The van der Waals surface area contributed by atoms with E-state index in [-0.39, 0.29) is 6.61 Å². The zero-order valence-electron chi connectivity index (χ0n) is 14.9. The predicted molar refractivity (Wildman–Crippen MR) is 97.5 cm³/mol. The maximum Gasteiger partial charge on any atom is 0.411 e. The van der Waals surface area contributed by atoms with Crippen molar-refractivity contribution in [1.29, 1.82) is 0 Å². The van der Waals surface area contributed by atoms with Gasteiger partial charge in [-0.15, -0.1) is 6.42 Å². The molecule has 0 fully saturated rings. The van der Waals surface area contributed by atoms with Crippen molar-refractivity contribution >= 4 is 22.7 Å². The minimum absolute atomic E-state index is 0.274. The van der Waals surface area contributed by atoms with Gasteiger partial charge < -0.3 is 9.15 Å². The van der Waals surface area contributed by atoms with Crippen LogP contribution in [0.15, 0.2) is 33.5 Å². The molecular formula is C19H22N2O4. The van der Waals surface area contributed by atoms with E-state index in [2.05, 4.69) is 11.2 Å². The van der Waals surface area contributed by atoms with E-state index < -0.39 is 17.3 Å². The number of anilines is 1. The number of benzene rings is 1. The van der Waals surface area contributed by atoms with Gasteiger partial charge in [0.25, 0.3) is 0 Å². The quantitative estimate of drug-likeness (QED) is 0.667. The highest BCUT2D eigenvalue weighted by atomic mass is 16.5. The van der Waals surface area contributed by atoms with Crippen LogP contribution in [0.2, 0.25) is 0 Å². The Labute approximate surface area is 146 Å². The Balaban J connectivity index is 2.38. The molecule has 1 amide bonds. The van der Waals surface area contributed by atoms with Crippen molar-refractivity contribution in [1.82, 2.24) is 4.90 Å². The first-order valence-corrected chi connectivity index (χ1v) is 7.96. The molecule has 2 rings (SSSR count). The normalized spacial score (nSPS) is 11.4. The highest BCUT2D eigenvalue weighted by molar-refractivity contribution is 5.89. The average Bonchev–Trinajstić information content (AvgIpc) is 2.54. The van der Waals surface area contributed by atoms with Crippen LogP contribution < -0.4 is 10.9 Å². The number of hydrogen-bond acceptors (Lipinski definition) is 5. The van der Waals surface area contributed by atoms with Crippen LogP contribution in [0.4, 0.5) is 10.5 Å². The number of carbonyl (C=O) groups excluding carboxylic acids is 1. The Morgan fingerprint density at radius 3 is 2.76 bits per heavy atom. The van der Waals surface area contributed by atoms with E-state index in [0.29, 0.717) is 17.8 Å². The zero-order valence-corrected chi connectivity index (χ0v) is 14.9. The maximum absolute atomic E-state index is 11.9. The molecular weight excluding hydrogens is 320 g/mol. The molecule has 0 aliphatic heterocycles. The van der Waals surface area contributed by atoms with Crippen molar-refractivity contribution in [3.8, 4) is 12.3 Å². The van der Waals surface area contributed by atoms with Crippen LogP contribution >= 0.6 is 0 Å². The minimum Gasteiger partial charge on any atom is -0.450 e.